The molecule has 2 heterocycles. The highest BCUT2D eigenvalue weighted by Crippen LogP contribution is 2.35. The molecule has 2 aromatic carbocycles. The van der Waals surface area contributed by atoms with Gasteiger partial charge in [-0.25, -0.2) is 9.79 Å². The minimum absolute atomic E-state index is 0.418. The highest BCUT2D eigenvalue weighted by molar-refractivity contribution is 6.07. The van der Waals surface area contributed by atoms with E-state index in [1.54, 1.807) is 25.3 Å². The quantitative estimate of drug-likeness (QED) is 0.794. The number of aliphatic hydroxyl groups excluding tert-OH is 1. The fourth-order valence-corrected chi connectivity index (χ4v) is 3.53. The largest absolute Gasteiger partial charge is 0.497 e. The molecule has 7 heteroatoms. The summed E-state index contributed by atoms with van der Waals surface area (Å²) >= 11 is 0. The molecule has 0 radical (unpaired) electrons. The number of aliphatic hydroxyl groups is 1. The number of hydrogen-bond donors (Lipinski definition) is 2. The van der Waals surface area contributed by atoms with E-state index in [2.05, 4.69) is 10.3 Å². The summed E-state index contributed by atoms with van der Waals surface area (Å²) in [6.45, 7) is 0.753. The Kier molecular flexibility index (Phi) is 4.45. The van der Waals surface area contributed by atoms with Crippen molar-refractivity contribution in [1.29, 1.82) is 0 Å². The van der Waals surface area contributed by atoms with E-state index in [1.807, 2.05) is 23.1 Å². The molecule has 0 saturated heterocycles. The predicted octanol–water partition coefficient (Wildman–Crippen LogP) is 2.71. The maximum absolute atomic E-state index is 11.8. The first-order valence-corrected chi connectivity index (χ1v) is 8.80. The molecular formula is C20H21N3O4. The molecule has 0 aliphatic carbocycles. The topological polar surface area (TPSA) is 83.4 Å². The minimum Gasteiger partial charge on any atom is -0.497 e. The number of benzene rings is 2. The van der Waals surface area contributed by atoms with Gasteiger partial charge in [0.1, 0.15) is 5.75 Å². The number of aliphatic imine (C=N–C) groups is 1. The molecule has 0 aromatic heterocycles. The van der Waals surface area contributed by atoms with Gasteiger partial charge in [0.15, 0.2) is 12.1 Å². The summed E-state index contributed by atoms with van der Waals surface area (Å²) < 4.78 is 10.1. The molecule has 7 nitrogen and oxygen atoms in total. The second-order valence-corrected chi connectivity index (χ2v) is 6.49. The van der Waals surface area contributed by atoms with Gasteiger partial charge in [0, 0.05) is 12.2 Å². The third kappa shape index (κ3) is 3.10. The van der Waals surface area contributed by atoms with Crippen molar-refractivity contribution in [3.05, 3.63) is 47.5 Å². The van der Waals surface area contributed by atoms with Crippen LogP contribution in [-0.4, -0.2) is 43.9 Å². The number of aryl methyl sites for hydroxylation is 1. The molecule has 4 rings (SSSR count). The van der Waals surface area contributed by atoms with Gasteiger partial charge in [-0.3, -0.25) is 0 Å². The number of carbonyl (C=O) groups excluding carboxylic acids is 1. The molecule has 2 aliphatic rings. The molecule has 2 aromatic rings. The second kappa shape index (κ2) is 6.92. The number of methoxy groups -OCH3 is 2. The number of anilines is 2. The predicted molar refractivity (Wildman–Crippen MR) is 103 cm³/mol. The summed E-state index contributed by atoms with van der Waals surface area (Å²) in [5.74, 6) is 0.902. The van der Waals surface area contributed by atoms with Crippen LogP contribution in [0.25, 0.3) is 0 Å². The van der Waals surface area contributed by atoms with Crippen LogP contribution in [0, 0.1) is 0 Å². The molecule has 0 saturated carbocycles. The van der Waals surface area contributed by atoms with Crippen molar-refractivity contribution < 1.29 is 19.4 Å². The Labute approximate surface area is 157 Å². The van der Waals surface area contributed by atoms with E-state index < -0.39 is 12.2 Å². The Balaban J connectivity index is 1.74. The normalized spacial score (nSPS) is 18.0. The highest BCUT2D eigenvalue weighted by atomic mass is 16.5. The van der Waals surface area contributed by atoms with Crippen molar-refractivity contribution in [2.75, 3.05) is 31.0 Å². The summed E-state index contributed by atoms with van der Waals surface area (Å²) in [5.41, 5.74) is 3.85. The molecule has 0 bridgehead atoms. The van der Waals surface area contributed by atoms with Crippen LogP contribution in [0.15, 0.2) is 41.4 Å². The number of ether oxygens (including phenoxy) is 2. The average molecular weight is 367 g/mol. The van der Waals surface area contributed by atoms with Crippen LogP contribution in [0.2, 0.25) is 0 Å². The van der Waals surface area contributed by atoms with E-state index in [0.717, 1.165) is 36.4 Å². The SMILES string of the molecule is COC(=O)c1ccc2c(c1)N=C(N1CCCc3cc(OC)ccc31)C(O)N2. The fourth-order valence-electron chi connectivity index (χ4n) is 3.53. The Bertz CT molecular complexity index is 925. The van der Waals surface area contributed by atoms with Crippen molar-refractivity contribution in [1.82, 2.24) is 0 Å². The molecule has 2 aliphatic heterocycles. The lowest BCUT2D eigenvalue weighted by Crippen LogP contribution is -2.46. The molecule has 140 valence electrons. The number of esters is 1. The zero-order valence-corrected chi connectivity index (χ0v) is 15.2. The highest BCUT2D eigenvalue weighted by Gasteiger charge is 2.29. The number of fused-ring (bicyclic) bond motifs is 2. The molecular weight excluding hydrogens is 346 g/mol. The van der Waals surface area contributed by atoms with Crippen LogP contribution in [0.5, 0.6) is 5.75 Å². The lowest BCUT2D eigenvalue weighted by atomic mass is 10.0. The minimum atomic E-state index is -0.936. The van der Waals surface area contributed by atoms with Gasteiger partial charge in [-0.05, 0) is 54.8 Å². The summed E-state index contributed by atoms with van der Waals surface area (Å²) in [6, 6.07) is 11.0. The van der Waals surface area contributed by atoms with Gasteiger partial charge in [-0.2, -0.15) is 0 Å². The van der Waals surface area contributed by atoms with Crippen LogP contribution in [0.4, 0.5) is 17.1 Å². The summed E-state index contributed by atoms with van der Waals surface area (Å²) in [6.07, 6.45) is 0.957. The third-order valence-electron chi connectivity index (χ3n) is 4.87. The van der Waals surface area contributed by atoms with E-state index in [9.17, 15) is 9.90 Å². The van der Waals surface area contributed by atoms with Gasteiger partial charge in [-0.15, -0.1) is 0 Å². The average Bonchev–Trinajstić information content (AvgIpc) is 2.71. The molecule has 0 spiro atoms. The number of rotatable bonds is 2. The van der Waals surface area contributed by atoms with Crippen molar-refractivity contribution >= 4 is 28.9 Å². The van der Waals surface area contributed by atoms with Gasteiger partial charge in [0.25, 0.3) is 0 Å². The van der Waals surface area contributed by atoms with Gasteiger partial charge >= 0.3 is 5.97 Å². The van der Waals surface area contributed by atoms with Crippen molar-refractivity contribution in [3.63, 3.8) is 0 Å². The zero-order chi connectivity index (χ0) is 19.0. The number of hydrogen-bond acceptors (Lipinski definition) is 7. The Morgan fingerprint density at radius 2 is 2.11 bits per heavy atom. The summed E-state index contributed by atoms with van der Waals surface area (Å²) in [5, 5.41) is 13.7. The van der Waals surface area contributed by atoms with Crippen LogP contribution in [0.3, 0.4) is 0 Å². The van der Waals surface area contributed by atoms with Crippen molar-refractivity contribution in [2.45, 2.75) is 19.1 Å². The van der Waals surface area contributed by atoms with E-state index in [-0.39, 0.29) is 0 Å². The number of nitrogens with zero attached hydrogens (tertiary/aromatic N) is 2. The molecule has 1 unspecified atom stereocenters. The molecule has 1 atom stereocenters. The first-order chi connectivity index (χ1) is 13.1. The van der Waals surface area contributed by atoms with E-state index in [1.165, 1.54) is 7.11 Å². The Hall–Kier alpha value is -3.06. The van der Waals surface area contributed by atoms with Gasteiger partial charge in [-0.1, -0.05) is 0 Å². The molecule has 2 N–H and O–H groups in total. The number of carbonyl (C=O) groups is 1. The summed E-state index contributed by atoms with van der Waals surface area (Å²) in [4.78, 5) is 18.5. The Morgan fingerprint density at radius 1 is 1.26 bits per heavy atom. The lowest BCUT2D eigenvalue weighted by Gasteiger charge is -2.36. The van der Waals surface area contributed by atoms with E-state index >= 15 is 0 Å². The monoisotopic (exact) mass is 367 g/mol. The van der Waals surface area contributed by atoms with Crippen molar-refractivity contribution in [2.24, 2.45) is 4.99 Å². The first-order valence-electron chi connectivity index (χ1n) is 8.80. The smallest absolute Gasteiger partial charge is 0.337 e. The molecule has 27 heavy (non-hydrogen) atoms. The van der Waals surface area contributed by atoms with Gasteiger partial charge < -0.3 is 24.8 Å². The zero-order valence-electron chi connectivity index (χ0n) is 15.2. The van der Waals surface area contributed by atoms with Crippen LogP contribution in [-0.2, 0) is 11.2 Å². The number of nitrogens with one attached hydrogen (secondary N) is 1. The van der Waals surface area contributed by atoms with Crippen LogP contribution >= 0.6 is 0 Å². The van der Waals surface area contributed by atoms with Crippen LogP contribution in [0.1, 0.15) is 22.3 Å². The maximum Gasteiger partial charge on any atom is 0.337 e. The first kappa shape index (κ1) is 17.4. The summed E-state index contributed by atoms with van der Waals surface area (Å²) in [7, 11) is 2.99. The third-order valence-corrected chi connectivity index (χ3v) is 4.87. The van der Waals surface area contributed by atoms with Gasteiger partial charge in [0.05, 0.1) is 31.2 Å². The van der Waals surface area contributed by atoms with Crippen LogP contribution < -0.4 is 15.0 Å². The Morgan fingerprint density at radius 3 is 2.89 bits per heavy atom. The number of amidine groups is 1. The van der Waals surface area contributed by atoms with E-state index in [4.69, 9.17) is 9.47 Å². The van der Waals surface area contributed by atoms with Crippen molar-refractivity contribution in [3.8, 4) is 5.75 Å². The molecule has 0 amide bonds. The maximum atomic E-state index is 11.8. The lowest BCUT2D eigenvalue weighted by molar-refractivity contribution is 0.0601. The van der Waals surface area contributed by atoms with E-state index in [0.29, 0.717) is 22.8 Å². The second-order valence-electron chi connectivity index (χ2n) is 6.49. The fraction of sp³-hybridized carbons (Fsp3) is 0.300. The van der Waals surface area contributed by atoms with Gasteiger partial charge in [0.2, 0.25) is 0 Å². The standard InChI is InChI=1S/C20H21N3O4/c1-26-14-6-8-17-12(10-14)4-3-9-23(17)18-19(24)22-15-7-5-13(20(25)27-2)11-16(15)21-18/h5-8,10-11,19,22,24H,3-4,9H2,1-2H3. The molecule has 0 fully saturated rings.